The van der Waals surface area contributed by atoms with Crippen molar-refractivity contribution in [2.24, 2.45) is 0 Å². The van der Waals surface area contributed by atoms with Crippen LogP contribution >= 0.6 is 0 Å². The summed E-state index contributed by atoms with van der Waals surface area (Å²) in [5.74, 6) is -2.20. The van der Waals surface area contributed by atoms with Gasteiger partial charge < -0.3 is 19.5 Å². The quantitative estimate of drug-likeness (QED) is 0.520. The summed E-state index contributed by atoms with van der Waals surface area (Å²) in [5.41, 5.74) is 1.72. The van der Waals surface area contributed by atoms with Crippen molar-refractivity contribution in [1.82, 2.24) is 4.90 Å². The highest BCUT2D eigenvalue weighted by atomic mass is 16.5. The van der Waals surface area contributed by atoms with Gasteiger partial charge in [-0.25, -0.2) is 4.79 Å². The van der Waals surface area contributed by atoms with Crippen molar-refractivity contribution in [3.63, 3.8) is 0 Å². The van der Waals surface area contributed by atoms with E-state index in [-0.39, 0.29) is 18.7 Å². The summed E-state index contributed by atoms with van der Waals surface area (Å²) in [6, 6.07) is 14.8. The van der Waals surface area contributed by atoms with Gasteiger partial charge in [0.2, 0.25) is 0 Å². The summed E-state index contributed by atoms with van der Waals surface area (Å²) in [6.45, 7) is 0.416. The largest absolute Gasteiger partial charge is 0.503 e. The fourth-order valence-corrected chi connectivity index (χ4v) is 3.42. The topological polar surface area (TPSA) is 93.1 Å². The fourth-order valence-electron chi connectivity index (χ4n) is 3.42. The first-order valence-corrected chi connectivity index (χ1v) is 9.66. The molecule has 0 saturated heterocycles. The second-order valence-electron chi connectivity index (χ2n) is 6.88. The molecule has 1 heterocycles. The number of amides is 1. The Labute approximate surface area is 180 Å². The van der Waals surface area contributed by atoms with Gasteiger partial charge in [-0.15, -0.1) is 0 Å². The molecule has 1 aliphatic rings. The highest BCUT2D eigenvalue weighted by Gasteiger charge is 2.42. The summed E-state index contributed by atoms with van der Waals surface area (Å²) in [5, 5.41) is 10.5. The van der Waals surface area contributed by atoms with Gasteiger partial charge in [-0.05, 0) is 29.3 Å². The lowest BCUT2D eigenvalue weighted by atomic mass is 9.95. The van der Waals surface area contributed by atoms with E-state index in [2.05, 4.69) is 0 Å². The van der Waals surface area contributed by atoms with Crippen molar-refractivity contribution in [1.29, 1.82) is 0 Å². The average Bonchev–Trinajstić information content (AvgIpc) is 3.06. The van der Waals surface area contributed by atoms with E-state index in [4.69, 9.17) is 9.47 Å². The van der Waals surface area contributed by atoms with Gasteiger partial charge in [0.05, 0.1) is 30.9 Å². The summed E-state index contributed by atoms with van der Waals surface area (Å²) < 4.78 is 9.79. The molecule has 0 spiro atoms. The number of benzene rings is 2. The second-order valence-corrected chi connectivity index (χ2v) is 6.88. The second kappa shape index (κ2) is 9.86. The lowest BCUT2D eigenvalue weighted by Crippen LogP contribution is -2.33. The van der Waals surface area contributed by atoms with Gasteiger partial charge in [-0.3, -0.25) is 9.59 Å². The molecule has 0 saturated carbocycles. The molecule has 0 aromatic heterocycles. The molecule has 1 aliphatic heterocycles. The number of carbonyl (C=O) groups is 3. The number of aliphatic hydroxyl groups is 1. The SMILES string of the molecule is COCCN1C(=O)C(O)=C(C(=O)C=Cc2ccccc2)C1c1ccc(C(=O)OC)cc1. The highest BCUT2D eigenvalue weighted by Crippen LogP contribution is 2.38. The molecule has 1 N–H and O–H groups in total. The first-order valence-electron chi connectivity index (χ1n) is 9.66. The molecule has 3 rings (SSSR count). The predicted octanol–water partition coefficient (Wildman–Crippen LogP) is 3.10. The minimum atomic E-state index is -0.803. The third-order valence-corrected chi connectivity index (χ3v) is 4.98. The number of carbonyl (C=O) groups excluding carboxylic acids is 3. The normalized spacial score (nSPS) is 16.3. The lowest BCUT2D eigenvalue weighted by molar-refractivity contribution is -0.130. The molecule has 0 aliphatic carbocycles. The van der Waals surface area contributed by atoms with Gasteiger partial charge >= 0.3 is 5.97 Å². The Hall–Kier alpha value is -3.71. The Kier molecular flexibility index (Phi) is 6.99. The molecular weight excluding hydrogens is 398 g/mol. The number of allylic oxidation sites excluding steroid dienone is 1. The first-order chi connectivity index (χ1) is 15.0. The van der Waals surface area contributed by atoms with Gasteiger partial charge in [0.25, 0.3) is 5.91 Å². The summed E-state index contributed by atoms with van der Waals surface area (Å²) in [7, 11) is 2.79. The molecule has 1 unspecified atom stereocenters. The van der Waals surface area contributed by atoms with Crippen LogP contribution in [0.4, 0.5) is 0 Å². The smallest absolute Gasteiger partial charge is 0.337 e. The van der Waals surface area contributed by atoms with Crippen molar-refractivity contribution >= 4 is 23.7 Å². The molecule has 0 fully saturated rings. The molecule has 7 heteroatoms. The maximum absolute atomic E-state index is 13.0. The molecule has 7 nitrogen and oxygen atoms in total. The van der Waals surface area contributed by atoms with Crippen LogP contribution in [0, 0.1) is 0 Å². The van der Waals surface area contributed by atoms with Crippen molar-refractivity contribution in [3.05, 3.63) is 88.7 Å². The number of ketones is 1. The molecular formula is C24H23NO6. The zero-order valence-electron chi connectivity index (χ0n) is 17.3. The zero-order chi connectivity index (χ0) is 22.4. The van der Waals surface area contributed by atoms with E-state index >= 15 is 0 Å². The van der Waals surface area contributed by atoms with E-state index in [1.807, 2.05) is 30.3 Å². The van der Waals surface area contributed by atoms with Crippen LogP contribution < -0.4 is 0 Å². The molecule has 1 atom stereocenters. The Morgan fingerprint density at radius 3 is 2.35 bits per heavy atom. The van der Waals surface area contributed by atoms with Crippen LogP contribution in [-0.2, 0) is 19.1 Å². The third-order valence-electron chi connectivity index (χ3n) is 4.98. The zero-order valence-corrected chi connectivity index (χ0v) is 17.3. The van der Waals surface area contributed by atoms with Gasteiger partial charge in [0.15, 0.2) is 11.5 Å². The maximum atomic E-state index is 13.0. The molecule has 160 valence electrons. The van der Waals surface area contributed by atoms with Crippen molar-refractivity contribution in [2.75, 3.05) is 27.4 Å². The van der Waals surface area contributed by atoms with E-state index in [1.54, 1.807) is 30.3 Å². The van der Waals surface area contributed by atoms with E-state index in [0.717, 1.165) is 5.56 Å². The van der Waals surface area contributed by atoms with Crippen LogP contribution in [0.5, 0.6) is 0 Å². The Morgan fingerprint density at radius 1 is 1.06 bits per heavy atom. The van der Waals surface area contributed by atoms with E-state index < -0.39 is 29.5 Å². The van der Waals surface area contributed by atoms with Crippen molar-refractivity contribution < 1.29 is 29.0 Å². The number of hydrogen-bond acceptors (Lipinski definition) is 6. The van der Waals surface area contributed by atoms with Gasteiger partial charge in [-0.1, -0.05) is 48.5 Å². The van der Waals surface area contributed by atoms with Gasteiger partial charge in [0, 0.05) is 13.7 Å². The number of hydrogen-bond donors (Lipinski definition) is 1. The van der Waals surface area contributed by atoms with Gasteiger partial charge in [-0.2, -0.15) is 0 Å². The fraction of sp³-hybridized carbons (Fsp3) is 0.208. The van der Waals surface area contributed by atoms with Crippen LogP contribution in [-0.4, -0.2) is 55.0 Å². The van der Waals surface area contributed by atoms with Crippen LogP contribution in [0.2, 0.25) is 0 Å². The Bertz CT molecular complexity index is 1020. The predicted molar refractivity (Wildman–Crippen MR) is 114 cm³/mol. The summed E-state index contributed by atoms with van der Waals surface area (Å²) in [4.78, 5) is 38.8. The summed E-state index contributed by atoms with van der Waals surface area (Å²) in [6.07, 6.45) is 2.96. The van der Waals surface area contributed by atoms with E-state index in [1.165, 1.54) is 25.2 Å². The summed E-state index contributed by atoms with van der Waals surface area (Å²) >= 11 is 0. The highest BCUT2D eigenvalue weighted by molar-refractivity contribution is 6.14. The Balaban J connectivity index is 1.97. The minimum Gasteiger partial charge on any atom is -0.503 e. The standard InChI is InChI=1S/C24H23NO6/c1-30-15-14-25-21(17-9-11-18(12-10-17)24(29)31-2)20(22(27)23(25)28)19(26)13-8-16-6-4-3-5-7-16/h3-13,21,27H,14-15H2,1-2H3. The monoisotopic (exact) mass is 421 g/mol. The average molecular weight is 421 g/mol. The Morgan fingerprint density at radius 2 is 1.74 bits per heavy atom. The molecule has 31 heavy (non-hydrogen) atoms. The molecule has 2 aromatic carbocycles. The number of methoxy groups -OCH3 is 2. The first kappa shape index (κ1) is 22.0. The third kappa shape index (κ3) is 4.73. The van der Waals surface area contributed by atoms with Gasteiger partial charge in [0.1, 0.15) is 0 Å². The number of nitrogens with zero attached hydrogens (tertiary/aromatic N) is 1. The number of esters is 1. The van der Waals surface area contributed by atoms with Crippen molar-refractivity contribution in [2.45, 2.75) is 6.04 Å². The van der Waals surface area contributed by atoms with Crippen molar-refractivity contribution in [3.8, 4) is 0 Å². The van der Waals surface area contributed by atoms with Crippen LogP contribution in [0.25, 0.3) is 6.08 Å². The number of rotatable bonds is 8. The van der Waals surface area contributed by atoms with Crippen LogP contribution in [0.3, 0.4) is 0 Å². The maximum Gasteiger partial charge on any atom is 0.337 e. The van der Waals surface area contributed by atoms with Crippen LogP contribution in [0.15, 0.2) is 72.0 Å². The molecule has 2 aromatic rings. The molecule has 0 radical (unpaired) electrons. The molecule has 0 bridgehead atoms. The van der Waals surface area contributed by atoms with E-state index in [0.29, 0.717) is 11.1 Å². The number of ether oxygens (including phenoxy) is 2. The van der Waals surface area contributed by atoms with E-state index in [9.17, 15) is 19.5 Å². The molecule has 1 amide bonds. The number of aliphatic hydroxyl groups excluding tert-OH is 1. The van der Waals surface area contributed by atoms with Crippen LogP contribution in [0.1, 0.15) is 27.5 Å². The minimum absolute atomic E-state index is 0.0147. The lowest BCUT2D eigenvalue weighted by Gasteiger charge is -2.26.